The van der Waals surface area contributed by atoms with Crippen LogP contribution in [0.1, 0.15) is 46.0 Å². The Morgan fingerprint density at radius 2 is 1.93 bits per heavy atom. The number of hydrogen-bond acceptors (Lipinski definition) is 2. The van der Waals surface area contributed by atoms with Crippen LogP contribution >= 0.6 is 0 Å². The van der Waals surface area contributed by atoms with Crippen LogP contribution in [0.4, 0.5) is 0 Å². The standard InChI is InChI=1S/C13H20O2/c1-3-8(4-2)10-7-9-5-6-11(14)12(9)13(10)15/h8-10,12H,3-7H2,1-2H3. The van der Waals surface area contributed by atoms with Gasteiger partial charge >= 0.3 is 0 Å². The van der Waals surface area contributed by atoms with Crippen LogP contribution < -0.4 is 0 Å². The highest BCUT2D eigenvalue weighted by Crippen LogP contribution is 2.46. The van der Waals surface area contributed by atoms with Crippen molar-refractivity contribution >= 4 is 11.6 Å². The number of rotatable bonds is 3. The van der Waals surface area contributed by atoms with Crippen molar-refractivity contribution in [2.45, 2.75) is 46.0 Å². The predicted octanol–water partition coefficient (Wildman–Crippen LogP) is 2.61. The summed E-state index contributed by atoms with van der Waals surface area (Å²) in [6.07, 6.45) is 4.74. The van der Waals surface area contributed by atoms with Crippen LogP contribution in [0, 0.1) is 23.7 Å². The average Bonchev–Trinajstić information content (AvgIpc) is 2.73. The maximum atomic E-state index is 12.1. The molecule has 0 N–H and O–H groups in total. The number of fused-ring (bicyclic) bond motifs is 1. The third kappa shape index (κ3) is 1.64. The molecule has 2 saturated carbocycles. The molecule has 3 atom stereocenters. The van der Waals surface area contributed by atoms with Crippen molar-refractivity contribution in [1.29, 1.82) is 0 Å². The Balaban J connectivity index is 2.13. The molecular formula is C13H20O2. The van der Waals surface area contributed by atoms with Crippen LogP contribution in [0.5, 0.6) is 0 Å². The van der Waals surface area contributed by atoms with E-state index < -0.39 is 0 Å². The minimum Gasteiger partial charge on any atom is -0.299 e. The highest BCUT2D eigenvalue weighted by molar-refractivity contribution is 6.06. The van der Waals surface area contributed by atoms with E-state index in [2.05, 4.69) is 13.8 Å². The fourth-order valence-electron chi connectivity index (χ4n) is 3.51. The Labute approximate surface area is 91.4 Å². The first-order valence-electron chi connectivity index (χ1n) is 6.25. The zero-order valence-electron chi connectivity index (χ0n) is 9.66. The summed E-state index contributed by atoms with van der Waals surface area (Å²) in [5.74, 6) is 1.40. The van der Waals surface area contributed by atoms with E-state index in [1.165, 1.54) is 0 Å². The van der Waals surface area contributed by atoms with Crippen molar-refractivity contribution in [1.82, 2.24) is 0 Å². The molecular weight excluding hydrogens is 188 g/mol. The summed E-state index contributed by atoms with van der Waals surface area (Å²) in [6, 6.07) is 0. The van der Waals surface area contributed by atoms with Crippen LogP contribution in [0.25, 0.3) is 0 Å². The van der Waals surface area contributed by atoms with E-state index in [4.69, 9.17) is 0 Å². The van der Waals surface area contributed by atoms with Crippen LogP contribution in [-0.4, -0.2) is 11.6 Å². The average molecular weight is 208 g/mol. The second-order valence-electron chi connectivity index (χ2n) is 5.06. The van der Waals surface area contributed by atoms with Crippen molar-refractivity contribution < 1.29 is 9.59 Å². The van der Waals surface area contributed by atoms with Gasteiger partial charge in [0.25, 0.3) is 0 Å². The van der Waals surface area contributed by atoms with E-state index in [0.717, 1.165) is 25.7 Å². The van der Waals surface area contributed by atoms with Gasteiger partial charge in [0.15, 0.2) is 0 Å². The van der Waals surface area contributed by atoms with E-state index in [1.807, 2.05) is 0 Å². The normalized spacial score (nSPS) is 35.3. The lowest BCUT2D eigenvalue weighted by Crippen LogP contribution is -2.24. The van der Waals surface area contributed by atoms with Gasteiger partial charge in [0.2, 0.25) is 0 Å². The monoisotopic (exact) mass is 208 g/mol. The molecule has 2 aliphatic carbocycles. The molecule has 0 spiro atoms. The van der Waals surface area contributed by atoms with Crippen molar-refractivity contribution in [3.8, 4) is 0 Å². The van der Waals surface area contributed by atoms with Crippen molar-refractivity contribution in [3.63, 3.8) is 0 Å². The molecule has 0 radical (unpaired) electrons. The molecule has 0 aromatic carbocycles. The minimum atomic E-state index is -0.199. The lowest BCUT2D eigenvalue weighted by Gasteiger charge is -2.19. The number of carbonyl (C=O) groups is 2. The van der Waals surface area contributed by atoms with Crippen molar-refractivity contribution in [2.75, 3.05) is 0 Å². The fraction of sp³-hybridized carbons (Fsp3) is 0.846. The highest BCUT2D eigenvalue weighted by atomic mass is 16.2. The van der Waals surface area contributed by atoms with Gasteiger partial charge in [-0.05, 0) is 24.7 Å². The summed E-state index contributed by atoms with van der Waals surface area (Å²) < 4.78 is 0. The Morgan fingerprint density at radius 3 is 2.47 bits per heavy atom. The maximum Gasteiger partial charge on any atom is 0.146 e. The van der Waals surface area contributed by atoms with E-state index >= 15 is 0 Å². The van der Waals surface area contributed by atoms with Gasteiger partial charge in [-0.25, -0.2) is 0 Å². The highest BCUT2D eigenvalue weighted by Gasteiger charge is 2.50. The molecule has 0 saturated heterocycles. The summed E-state index contributed by atoms with van der Waals surface area (Å²) >= 11 is 0. The van der Waals surface area contributed by atoms with Gasteiger partial charge < -0.3 is 0 Å². The Hall–Kier alpha value is -0.660. The number of hydrogen-bond donors (Lipinski definition) is 0. The van der Waals surface area contributed by atoms with Crippen LogP contribution in [0.3, 0.4) is 0 Å². The first-order valence-corrected chi connectivity index (χ1v) is 6.25. The summed E-state index contributed by atoms with van der Waals surface area (Å²) in [5, 5.41) is 0. The lowest BCUT2D eigenvalue weighted by atomic mass is 9.84. The van der Waals surface area contributed by atoms with E-state index in [0.29, 0.717) is 18.3 Å². The topological polar surface area (TPSA) is 34.1 Å². The zero-order chi connectivity index (χ0) is 11.0. The van der Waals surface area contributed by atoms with Crippen molar-refractivity contribution in [2.24, 2.45) is 23.7 Å². The molecule has 84 valence electrons. The summed E-state index contributed by atoms with van der Waals surface area (Å²) in [4.78, 5) is 23.7. The smallest absolute Gasteiger partial charge is 0.146 e. The first kappa shape index (κ1) is 10.8. The molecule has 2 rings (SSSR count). The van der Waals surface area contributed by atoms with Crippen LogP contribution in [-0.2, 0) is 9.59 Å². The van der Waals surface area contributed by atoms with Crippen LogP contribution in [0.2, 0.25) is 0 Å². The summed E-state index contributed by atoms with van der Waals surface area (Å²) in [5.41, 5.74) is 0. The van der Waals surface area contributed by atoms with Gasteiger partial charge in [-0.3, -0.25) is 9.59 Å². The molecule has 0 heterocycles. The molecule has 0 aromatic rings. The van der Waals surface area contributed by atoms with E-state index in [9.17, 15) is 9.59 Å². The molecule has 3 unspecified atom stereocenters. The third-order valence-corrected chi connectivity index (χ3v) is 4.43. The second-order valence-corrected chi connectivity index (χ2v) is 5.06. The lowest BCUT2D eigenvalue weighted by molar-refractivity contribution is -0.132. The number of Topliss-reactive ketones (excluding diaryl/α,β-unsaturated/α-hetero) is 2. The molecule has 0 amide bonds. The van der Waals surface area contributed by atoms with Gasteiger partial charge in [0.1, 0.15) is 11.6 Å². The largest absolute Gasteiger partial charge is 0.299 e. The molecule has 2 nitrogen and oxygen atoms in total. The maximum absolute atomic E-state index is 12.1. The van der Waals surface area contributed by atoms with Crippen LogP contribution in [0.15, 0.2) is 0 Å². The third-order valence-electron chi connectivity index (χ3n) is 4.43. The SMILES string of the molecule is CCC(CC)C1CC2CCC(=O)C2C1=O. The van der Waals surface area contributed by atoms with E-state index in [1.54, 1.807) is 0 Å². The van der Waals surface area contributed by atoms with Gasteiger partial charge in [0, 0.05) is 12.3 Å². The first-order chi connectivity index (χ1) is 7.19. The van der Waals surface area contributed by atoms with Gasteiger partial charge in [-0.1, -0.05) is 26.7 Å². The molecule has 2 fully saturated rings. The summed E-state index contributed by atoms with van der Waals surface area (Å²) in [6.45, 7) is 4.30. The Kier molecular flexibility index (Phi) is 2.94. The van der Waals surface area contributed by atoms with Gasteiger partial charge in [-0.15, -0.1) is 0 Å². The minimum absolute atomic E-state index is 0.194. The molecule has 0 aliphatic heterocycles. The zero-order valence-corrected chi connectivity index (χ0v) is 9.66. The quantitative estimate of drug-likeness (QED) is 0.668. The predicted molar refractivity (Wildman–Crippen MR) is 58.4 cm³/mol. The molecule has 0 bridgehead atoms. The molecule has 2 aliphatic rings. The Morgan fingerprint density at radius 1 is 1.27 bits per heavy atom. The van der Waals surface area contributed by atoms with Crippen molar-refractivity contribution in [3.05, 3.63) is 0 Å². The Bertz CT molecular complexity index is 278. The second kappa shape index (κ2) is 4.07. The molecule has 15 heavy (non-hydrogen) atoms. The number of ketones is 2. The van der Waals surface area contributed by atoms with Gasteiger partial charge in [0.05, 0.1) is 5.92 Å². The van der Waals surface area contributed by atoms with Gasteiger partial charge in [-0.2, -0.15) is 0 Å². The fourth-order valence-corrected chi connectivity index (χ4v) is 3.51. The molecule has 2 heteroatoms. The summed E-state index contributed by atoms with van der Waals surface area (Å²) in [7, 11) is 0. The molecule has 0 aromatic heterocycles. The van der Waals surface area contributed by atoms with E-state index in [-0.39, 0.29) is 23.4 Å². The number of carbonyl (C=O) groups excluding carboxylic acids is 2.